The summed E-state index contributed by atoms with van der Waals surface area (Å²) in [4.78, 5) is 0. The third-order valence-electron chi connectivity index (χ3n) is 2.94. The molecule has 2 aromatic rings. The highest BCUT2D eigenvalue weighted by Crippen LogP contribution is 2.14. The zero-order valence-corrected chi connectivity index (χ0v) is 10.3. The molecule has 2 nitrogen and oxygen atoms in total. The van der Waals surface area contributed by atoms with E-state index in [1.54, 1.807) is 0 Å². The molecule has 2 aromatic carbocycles. The van der Waals surface area contributed by atoms with E-state index in [2.05, 4.69) is 5.32 Å². The van der Waals surface area contributed by atoms with E-state index < -0.39 is 11.6 Å². The van der Waals surface area contributed by atoms with E-state index in [0.717, 1.165) is 11.6 Å². The van der Waals surface area contributed by atoms with Gasteiger partial charge in [-0.3, -0.25) is 0 Å². The highest BCUT2D eigenvalue weighted by molar-refractivity contribution is 5.21. The van der Waals surface area contributed by atoms with Crippen LogP contribution in [0, 0.1) is 11.6 Å². The van der Waals surface area contributed by atoms with Crippen LogP contribution in [0.4, 0.5) is 8.78 Å². The second kappa shape index (κ2) is 6.41. The summed E-state index contributed by atoms with van der Waals surface area (Å²) < 4.78 is 26.2. The van der Waals surface area contributed by atoms with Crippen molar-refractivity contribution >= 4 is 0 Å². The lowest BCUT2D eigenvalue weighted by atomic mass is 10.1. The number of benzene rings is 2. The topological polar surface area (TPSA) is 32.3 Å². The van der Waals surface area contributed by atoms with Crippen molar-refractivity contribution in [1.82, 2.24) is 5.32 Å². The maximum absolute atomic E-state index is 13.5. The van der Waals surface area contributed by atoms with Gasteiger partial charge in [-0.2, -0.15) is 0 Å². The normalized spacial score (nSPS) is 12.4. The molecule has 0 aromatic heterocycles. The lowest BCUT2D eigenvalue weighted by molar-refractivity contribution is 0.243. The molecule has 0 fully saturated rings. The molecule has 0 spiro atoms. The van der Waals surface area contributed by atoms with Gasteiger partial charge in [-0.25, -0.2) is 8.78 Å². The molecule has 2 rings (SSSR count). The van der Waals surface area contributed by atoms with Crippen LogP contribution in [0.15, 0.2) is 48.5 Å². The summed E-state index contributed by atoms with van der Waals surface area (Å²) in [7, 11) is 0. The largest absolute Gasteiger partial charge is 0.394 e. The van der Waals surface area contributed by atoms with Gasteiger partial charge in [-0.15, -0.1) is 0 Å². The smallest absolute Gasteiger partial charge is 0.130 e. The van der Waals surface area contributed by atoms with Gasteiger partial charge in [0.2, 0.25) is 0 Å². The Morgan fingerprint density at radius 3 is 2.42 bits per heavy atom. The van der Waals surface area contributed by atoms with E-state index in [1.807, 2.05) is 30.3 Å². The summed E-state index contributed by atoms with van der Waals surface area (Å²) in [6.45, 7) is 0.138. The van der Waals surface area contributed by atoms with Gasteiger partial charge in [-0.1, -0.05) is 36.4 Å². The predicted octanol–water partition coefficient (Wildman–Crippen LogP) is 2.79. The average molecular weight is 263 g/mol. The second-order valence-electron chi connectivity index (χ2n) is 4.26. The Morgan fingerprint density at radius 2 is 1.79 bits per heavy atom. The van der Waals surface area contributed by atoms with E-state index in [9.17, 15) is 13.9 Å². The minimum absolute atomic E-state index is 0.0904. The molecule has 0 aliphatic carbocycles. The zero-order chi connectivity index (χ0) is 13.7. The molecule has 0 saturated carbocycles. The van der Waals surface area contributed by atoms with Crippen molar-refractivity contribution in [3.63, 3.8) is 0 Å². The predicted molar refractivity (Wildman–Crippen MR) is 69.5 cm³/mol. The zero-order valence-electron chi connectivity index (χ0n) is 10.3. The Labute approximate surface area is 110 Å². The van der Waals surface area contributed by atoms with Crippen molar-refractivity contribution in [2.75, 3.05) is 6.61 Å². The first kappa shape index (κ1) is 13.6. The molecule has 0 aliphatic heterocycles. The third kappa shape index (κ3) is 3.59. The fraction of sp³-hybridized carbons (Fsp3) is 0.200. The molecular formula is C15H15F2NO. The fourth-order valence-corrected chi connectivity index (χ4v) is 1.87. The minimum Gasteiger partial charge on any atom is -0.394 e. The van der Waals surface area contributed by atoms with Crippen molar-refractivity contribution in [2.24, 2.45) is 0 Å². The van der Waals surface area contributed by atoms with Crippen LogP contribution >= 0.6 is 0 Å². The van der Waals surface area contributed by atoms with Gasteiger partial charge in [0.25, 0.3) is 0 Å². The molecule has 0 aliphatic rings. The summed E-state index contributed by atoms with van der Waals surface area (Å²) in [5.41, 5.74) is 1.29. The Kier molecular flexibility index (Phi) is 4.60. The SMILES string of the molecule is OCC(NCc1ccc(F)cc1F)c1ccccc1. The van der Waals surface area contributed by atoms with Gasteiger partial charge < -0.3 is 10.4 Å². The van der Waals surface area contributed by atoms with Crippen molar-refractivity contribution in [3.05, 3.63) is 71.3 Å². The van der Waals surface area contributed by atoms with Crippen LogP contribution < -0.4 is 5.32 Å². The molecule has 0 saturated heterocycles. The molecule has 100 valence electrons. The van der Waals surface area contributed by atoms with Crippen molar-refractivity contribution < 1.29 is 13.9 Å². The number of aliphatic hydroxyl groups excluding tert-OH is 1. The molecule has 4 heteroatoms. The van der Waals surface area contributed by atoms with Gasteiger partial charge in [0.05, 0.1) is 12.6 Å². The first-order valence-electron chi connectivity index (χ1n) is 6.04. The number of nitrogens with one attached hydrogen (secondary N) is 1. The Balaban J connectivity index is 2.04. The first-order chi connectivity index (χ1) is 9.20. The minimum atomic E-state index is -0.594. The molecule has 0 bridgehead atoms. The van der Waals surface area contributed by atoms with E-state index in [4.69, 9.17) is 0 Å². The second-order valence-corrected chi connectivity index (χ2v) is 4.26. The molecule has 2 N–H and O–H groups in total. The number of hydrogen-bond donors (Lipinski definition) is 2. The highest BCUT2D eigenvalue weighted by Gasteiger charge is 2.10. The Morgan fingerprint density at radius 1 is 1.05 bits per heavy atom. The van der Waals surface area contributed by atoms with Crippen LogP contribution in [-0.4, -0.2) is 11.7 Å². The molecule has 0 radical (unpaired) electrons. The molecule has 1 unspecified atom stereocenters. The summed E-state index contributed by atoms with van der Waals surface area (Å²) >= 11 is 0. The lowest BCUT2D eigenvalue weighted by Crippen LogP contribution is -2.24. The molecule has 0 amide bonds. The van der Waals surface area contributed by atoms with Crippen molar-refractivity contribution in [1.29, 1.82) is 0 Å². The maximum atomic E-state index is 13.5. The highest BCUT2D eigenvalue weighted by atomic mass is 19.1. The molecular weight excluding hydrogens is 248 g/mol. The third-order valence-corrected chi connectivity index (χ3v) is 2.94. The molecule has 19 heavy (non-hydrogen) atoms. The number of rotatable bonds is 5. The van der Waals surface area contributed by atoms with Crippen LogP contribution in [0.5, 0.6) is 0 Å². The first-order valence-corrected chi connectivity index (χ1v) is 6.04. The van der Waals surface area contributed by atoms with Gasteiger partial charge in [0.1, 0.15) is 11.6 Å². The van der Waals surface area contributed by atoms with Gasteiger partial charge >= 0.3 is 0 Å². The van der Waals surface area contributed by atoms with Crippen molar-refractivity contribution in [3.8, 4) is 0 Å². The van der Waals surface area contributed by atoms with E-state index in [-0.39, 0.29) is 19.2 Å². The fourth-order valence-electron chi connectivity index (χ4n) is 1.87. The van der Waals surface area contributed by atoms with Gasteiger partial charge in [-0.05, 0) is 11.6 Å². The van der Waals surface area contributed by atoms with Crippen molar-refractivity contribution in [2.45, 2.75) is 12.6 Å². The molecule has 1 atom stereocenters. The number of aliphatic hydroxyl groups is 1. The standard InChI is InChI=1S/C15H15F2NO/c16-13-7-6-12(14(17)8-13)9-18-15(10-19)11-4-2-1-3-5-11/h1-8,15,18-19H,9-10H2. The quantitative estimate of drug-likeness (QED) is 0.869. The summed E-state index contributed by atoms with van der Waals surface area (Å²) in [5, 5.41) is 12.4. The maximum Gasteiger partial charge on any atom is 0.130 e. The van der Waals surface area contributed by atoms with Crippen LogP contribution in [0.3, 0.4) is 0 Å². The summed E-state index contributed by atoms with van der Waals surface area (Å²) in [6, 6.07) is 12.6. The number of halogens is 2. The Bertz CT molecular complexity index is 531. The van der Waals surface area contributed by atoms with Gasteiger partial charge in [0.15, 0.2) is 0 Å². The van der Waals surface area contributed by atoms with Crippen LogP contribution in [-0.2, 0) is 6.54 Å². The molecule has 0 heterocycles. The van der Waals surface area contributed by atoms with E-state index >= 15 is 0 Å². The number of hydrogen-bond acceptors (Lipinski definition) is 2. The van der Waals surface area contributed by atoms with Crippen LogP contribution in [0.2, 0.25) is 0 Å². The van der Waals surface area contributed by atoms with E-state index in [0.29, 0.717) is 5.56 Å². The summed E-state index contributed by atoms with van der Waals surface area (Å²) in [6.07, 6.45) is 0. The Hall–Kier alpha value is -1.78. The van der Waals surface area contributed by atoms with Gasteiger partial charge in [0, 0.05) is 18.2 Å². The lowest BCUT2D eigenvalue weighted by Gasteiger charge is -2.17. The van der Waals surface area contributed by atoms with E-state index in [1.165, 1.54) is 12.1 Å². The summed E-state index contributed by atoms with van der Waals surface area (Å²) in [5.74, 6) is -1.18. The van der Waals surface area contributed by atoms with Crippen LogP contribution in [0.1, 0.15) is 17.2 Å². The monoisotopic (exact) mass is 263 g/mol. The van der Waals surface area contributed by atoms with Crippen LogP contribution in [0.25, 0.3) is 0 Å². The average Bonchev–Trinajstić information content (AvgIpc) is 2.43.